The van der Waals surface area contributed by atoms with Crippen LogP contribution in [0.25, 0.3) is 0 Å². The monoisotopic (exact) mass is 259 g/mol. The number of carbonyl (C=O) groups excluding carboxylic acids is 1. The minimum atomic E-state index is -0.268. The number of anilines is 1. The predicted molar refractivity (Wildman–Crippen MR) is 71.1 cm³/mol. The van der Waals surface area contributed by atoms with Gasteiger partial charge in [0.25, 0.3) is 5.91 Å². The number of nitrogen functional groups attached to an aromatic ring is 1. The first-order chi connectivity index (χ1) is 9.16. The maximum Gasteiger partial charge on any atom is 0.255 e. The Kier molecular flexibility index (Phi) is 4.07. The van der Waals surface area contributed by atoms with Gasteiger partial charge in [0.05, 0.1) is 5.56 Å². The van der Waals surface area contributed by atoms with Crippen LogP contribution in [0.4, 0.5) is 10.2 Å². The number of nitrogens with one attached hydrogen (secondary N) is 1. The summed E-state index contributed by atoms with van der Waals surface area (Å²) in [5.74, 6) is -0.314. The van der Waals surface area contributed by atoms with E-state index in [1.807, 2.05) is 0 Å². The first-order valence-electron chi connectivity index (χ1n) is 5.90. The van der Waals surface area contributed by atoms with Crippen molar-refractivity contribution in [2.75, 3.05) is 12.3 Å². The van der Waals surface area contributed by atoms with E-state index in [0.29, 0.717) is 18.5 Å². The van der Waals surface area contributed by atoms with E-state index in [-0.39, 0.29) is 17.5 Å². The number of nitrogens with zero attached hydrogens (tertiary/aromatic N) is 1. The number of pyridine rings is 1. The van der Waals surface area contributed by atoms with Crippen LogP contribution in [0.5, 0.6) is 0 Å². The van der Waals surface area contributed by atoms with Crippen LogP contribution in [-0.2, 0) is 6.42 Å². The molecular weight excluding hydrogens is 245 g/mol. The zero-order chi connectivity index (χ0) is 13.7. The summed E-state index contributed by atoms with van der Waals surface area (Å²) < 4.78 is 12.7. The van der Waals surface area contributed by atoms with Gasteiger partial charge in [-0.2, -0.15) is 0 Å². The molecule has 2 rings (SSSR count). The summed E-state index contributed by atoms with van der Waals surface area (Å²) in [5, 5.41) is 2.75. The fourth-order valence-corrected chi connectivity index (χ4v) is 1.68. The van der Waals surface area contributed by atoms with Crippen molar-refractivity contribution in [1.82, 2.24) is 10.3 Å². The molecule has 1 heterocycles. The molecule has 0 aliphatic heterocycles. The van der Waals surface area contributed by atoms with E-state index in [1.54, 1.807) is 24.3 Å². The van der Waals surface area contributed by atoms with Crippen molar-refractivity contribution in [3.05, 3.63) is 59.5 Å². The molecule has 0 spiro atoms. The largest absolute Gasteiger partial charge is 0.383 e. The second-order valence-corrected chi connectivity index (χ2v) is 4.07. The second kappa shape index (κ2) is 5.95. The molecule has 98 valence electrons. The summed E-state index contributed by atoms with van der Waals surface area (Å²) in [4.78, 5) is 15.7. The lowest BCUT2D eigenvalue weighted by atomic mass is 10.1. The number of aromatic nitrogens is 1. The van der Waals surface area contributed by atoms with Crippen molar-refractivity contribution in [2.45, 2.75) is 6.42 Å². The van der Waals surface area contributed by atoms with Crippen LogP contribution < -0.4 is 11.1 Å². The quantitative estimate of drug-likeness (QED) is 0.879. The molecule has 0 saturated heterocycles. The zero-order valence-corrected chi connectivity index (χ0v) is 10.3. The van der Waals surface area contributed by atoms with Gasteiger partial charge in [0.1, 0.15) is 11.6 Å². The molecule has 0 aliphatic rings. The summed E-state index contributed by atoms with van der Waals surface area (Å²) in [6.07, 6.45) is 2.16. The van der Waals surface area contributed by atoms with Gasteiger partial charge in [0, 0.05) is 12.7 Å². The number of carbonyl (C=O) groups is 1. The van der Waals surface area contributed by atoms with Crippen molar-refractivity contribution in [2.24, 2.45) is 0 Å². The molecule has 0 atom stereocenters. The average Bonchev–Trinajstić information content (AvgIpc) is 2.41. The Bertz CT molecular complexity index is 569. The van der Waals surface area contributed by atoms with Crippen LogP contribution in [0.3, 0.4) is 0 Å². The SMILES string of the molecule is Nc1ncccc1C(=O)NCCc1ccc(F)cc1. The third kappa shape index (κ3) is 3.51. The standard InChI is InChI=1S/C14H14FN3O/c15-11-5-3-10(4-6-11)7-9-18-14(19)12-2-1-8-17-13(12)16/h1-6,8H,7,9H2,(H2,16,17)(H,18,19). The highest BCUT2D eigenvalue weighted by molar-refractivity contribution is 5.98. The van der Waals surface area contributed by atoms with Gasteiger partial charge in [0.2, 0.25) is 0 Å². The van der Waals surface area contributed by atoms with Gasteiger partial charge < -0.3 is 11.1 Å². The second-order valence-electron chi connectivity index (χ2n) is 4.07. The molecule has 1 aromatic carbocycles. The minimum Gasteiger partial charge on any atom is -0.383 e. The van der Waals surface area contributed by atoms with Crippen LogP contribution >= 0.6 is 0 Å². The van der Waals surface area contributed by atoms with Crippen molar-refractivity contribution in [3.8, 4) is 0 Å². The number of rotatable bonds is 4. The molecular formula is C14H14FN3O. The molecule has 3 N–H and O–H groups in total. The molecule has 0 aliphatic carbocycles. The Morgan fingerprint density at radius 2 is 2.00 bits per heavy atom. The zero-order valence-electron chi connectivity index (χ0n) is 10.3. The molecule has 0 radical (unpaired) electrons. The first kappa shape index (κ1) is 13.0. The fraction of sp³-hybridized carbons (Fsp3) is 0.143. The maximum atomic E-state index is 12.7. The number of amides is 1. The smallest absolute Gasteiger partial charge is 0.255 e. The summed E-state index contributed by atoms with van der Waals surface area (Å²) in [6.45, 7) is 0.457. The molecule has 1 aromatic heterocycles. The summed E-state index contributed by atoms with van der Waals surface area (Å²) in [5.41, 5.74) is 6.93. The minimum absolute atomic E-state index is 0.210. The number of nitrogens with two attached hydrogens (primary N) is 1. The summed E-state index contributed by atoms with van der Waals surface area (Å²) >= 11 is 0. The Balaban J connectivity index is 1.88. The molecule has 4 nitrogen and oxygen atoms in total. The summed E-state index contributed by atoms with van der Waals surface area (Å²) in [7, 11) is 0. The van der Waals surface area contributed by atoms with Crippen molar-refractivity contribution in [3.63, 3.8) is 0 Å². The first-order valence-corrected chi connectivity index (χ1v) is 5.90. The van der Waals surface area contributed by atoms with Crippen molar-refractivity contribution < 1.29 is 9.18 Å². The van der Waals surface area contributed by atoms with Crippen LogP contribution in [0.15, 0.2) is 42.6 Å². The third-order valence-electron chi connectivity index (χ3n) is 2.70. The van der Waals surface area contributed by atoms with Crippen LogP contribution in [-0.4, -0.2) is 17.4 Å². The molecule has 2 aromatic rings. The fourth-order valence-electron chi connectivity index (χ4n) is 1.68. The number of hydrogen-bond donors (Lipinski definition) is 2. The van der Waals surface area contributed by atoms with Gasteiger partial charge in [-0.1, -0.05) is 12.1 Å². The molecule has 0 unspecified atom stereocenters. The van der Waals surface area contributed by atoms with E-state index in [9.17, 15) is 9.18 Å². The molecule has 0 fully saturated rings. The van der Waals surface area contributed by atoms with Gasteiger partial charge >= 0.3 is 0 Å². The molecule has 5 heteroatoms. The Morgan fingerprint density at radius 3 is 2.68 bits per heavy atom. The summed E-state index contributed by atoms with van der Waals surface area (Å²) in [6, 6.07) is 9.47. The maximum absolute atomic E-state index is 12.7. The van der Waals surface area contributed by atoms with E-state index in [2.05, 4.69) is 10.3 Å². The van der Waals surface area contributed by atoms with Gasteiger partial charge in [-0.05, 0) is 36.2 Å². The highest BCUT2D eigenvalue weighted by Crippen LogP contribution is 2.07. The highest BCUT2D eigenvalue weighted by atomic mass is 19.1. The normalized spacial score (nSPS) is 10.2. The highest BCUT2D eigenvalue weighted by Gasteiger charge is 2.08. The average molecular weight is 259 g/mol. The van der Waals surface area contributed by atoms with E-state index < -0.39 is 0 Å². The van der Waals surface area contributed by atoms with E-state index in [0.717, 1.165) is 5.56 Å². The Morgan fingerprint density at radius 1 is 1.26 bits per heavy atom. The number of halogens is 1. The lowest BCUT2D eigenvalue weighted by molar-refractivity contribution is 0.0954. The van der Waals surface area contributed by atoms with Crippen LogP contribution in [0.1, 0.15) is 15.9 Å². The number of benzene rings is 1. The number of hydrogen-bond acceptors (Lipinski definition) is 3. The van der Waals surface area contributed by atoms with Crippen molar-refractivity contribution >= 4 is 11.7 Å². The van der Waals surface area contributed by atoms with E-state index in [4.69, 9.17) is 5.73 Å². The lowest BCUT2D eigenvalue weighted by Crippen LogP contribution is -2.26. The van der Waals surface area contributed by atoms with Crippen LogP contribution in [0.2, 0.25) is 0 Å². The predicted octanol–water partition coefficient (Wildman–Crippen LogP) is 1.78. The molecule has 19 heavy (non-hydrogen) atoms. The third-order valence-corrected chi connectivity index (χ3v) is 2.70. The van der Waals surface area contributed by atoms with Gasteiger partial charge in [-0.15, -0.1) is 0 Å². The van der Waals surface area contributed by atoms with E-state index >= 15 is 0 Å². The Hall–Kier alpha value is -2.43. The van der Waals surface area contributed by atoms with Gasteiger partial charge in [-0.3, -0.25) is 4.79 Å². The van der Waals surface area contributed by atoms with Crippen molar-refractivity contribution in [1.29, 1.82) is 0 Å². The van der Waals surface area contributed by atoms with Crippen LogP contribution in [0, 0.1) is 5.82 Å². The van der Waals surface area contributed by atoms with E-state index in [1.165, 1.54) is 18.3 Å². The Labute approximate surface area is 110 Å². The molecule has 1 amide bonds. The lowest BCUT2D eigenvalue weighted by Gasteiger charge is -2.06. The topological polar surface area (TPSA) is 68.0 Å². The van der Waals surface area contributed by atoms with Gasteiger partial charge in [0.15, 0.2) is 0 Å². The molecule has 0 saturated carbocycles. The van der Waals surface area contributed by atoms with Gasteiger partial charge in [-0.25, -0.2) is 9.37 Å². The molecule has 0 bridgehead atoms.